The maximum absolute atomic E-state index is 7.00. The molecule has 19 heavy (non-hydrogen) atoms. The van der Waals surface area contributed by atoms with E-state index in [1.807, 2.05) is 13.8 Å². The molecule has 0 unspecified atom stereocenters. The van der Waals surface area contributed by atoms with Crippen molar-refractivity contribution in [1.82, 2.24) is 0 Å². The Kier molecular flexibility index (Phi) is 13.9. The summed E-state index contributed by atoms with van der Waals surface area (Å²) in [6, 6.07) is 0. The smallest absolute Gasteiger partial charge is 0.0319 e. The number of terminal acetylenes is 1. The minimum absolute atomic E-state index is 0.728. The van der Waals surface area contributed by atoms with Crippen LogP contribution in [0.15, 0.2) is 35.5 Å². The van der Waals surface area contributed by atoms with Crippen LogP contribution >= 0.6 is 0 Å². The SMILES string of the molecule is C#C.CC.CC[C@@H]1C2=CCCC=C2C=C[C@@H]1C.CO. The van der Waals surface area contributed by atoms with Crippen LogP contribution in [0.5, 0.6) is 0 Å². The summed E-state index contributed by atoms with van der Waals surface area (Å²) in [6.45, 7) is 8.63. The lowest BCUT2D eigenvalue weighted by molar-refractivity contribution is 0.399. The van der Waals surface area contributed by atoms with Crippen LogP contribution in [0.2, 0.25) is 0 Å². The molecule has 0 saturated heterocycles. The molecule has 0 aromatic carbocycles. The van der Waals surface area contributed by atoms with Crippen molar-refractivity contribution in [2.24, 2.45) is 11.8 Å². The molecule has 2 rings (SSSR count). The zero-order valence-electron chi connectivity index (χ0n) is 13.2. The third-order valence-electron chi connectivity index (χ3n) is 3.28. The third-order valence-corrected chi connectivity index (χ3v) is 3.28. The summed E-state index contributed by atoms with van der Waals surface area (Å²) in [4.78, 5) is 0. The average Bonchev–Trinajstić information content (AvgIpc) is 2.53. The topological polar surface area (TPSA) is 20.2 Å². The molecule has 108 valence electrons. The van der Waals surface area contributed by atoms with Crippen LogP contribution in [0.1, 0.15) is 47.0 Å². The van der Waals surface area contributed by atoms with Crippen LogP contribution in [0.25, 0.3) is 0 Å². The van der Waals surface area contributed by atoms with Crippen molar-refractivity contribution in [3.63, 3.8) is 0 Å². The minimum Gasteiger partial charge on any atom is -0.400 e. The van der Waals surface area contributed by atoms with Crippen LogP contribution in [-0.2, 0) is 0 Å². The van der Waals surface area contributed by atoms with Gasteiger partial charge in [0.1, 0.15) is 0 Å². The fourth-order valence-corrected chi connectivity index (χ4v) is 2.51. The van der Waals surface area contributed by atoms with Crippen molar-refractivity contribution in [3.05, 3.63) is 35.5 Å². The van der Waals surface area contributed by atoms with Gasteiger partial charge in [-0.25, -0.2) is 0 Å². The van der Waals surface area contributed by atoms with E-state index >= 15 is 0 Å². The summed E-state index contributed by atoms with van der Waals surface area (Å²) in [5.74, 6) is 1.50. The van der Waals surface area contributed by atoms with E-state index in [4.69, 9.17) is 5.11 Å². The van der Waals surface area contributed by atoms with Crippen molar-refractivity contribution < 1.29 is 5.11 Å². The lowest BCUT2D eigenvalue weighted by Crippen LogP contribution is -2.17. The molecule has 2 atom stereocenters. The highest BCUT2D eigenvalue weighted by Crippen LogP contribution is 2.37. The lowest BCUT2D eigenvalue weighted by Gasteiger charge is -2.30. The number of allylic oxidation sites excluding steroid dienone is 6. The van der Waals surface area contributed by atoms with Crippen molar-refractivity contribution in [2.45, 2.75) is 47.0 Å². The second-order valence-electron chi connectivity index (χ2n) is 4.13. The second-order valence-corrected chi connectivity index (χ2v) is 4.13. The molecule has 0 fully saturated rings. The minimum atomic E-state index is 0.728. The molecule has 1 heteroatoms. The normalized spacial score (nSPS) is 22.7. The van der Waals surface area contributed by atoms with Gasteiger partial charge in [-0.1, -0.05) is 52.0 Å². The van der Waals surface area contributed by atoms with Gasteiger partial charge in [-0.15, -0.1) is 12.8 Å². The zero-order valence-corrected chi connectivity index (χ0v) is 13.2. The van der Waals surface area contributed by atoms with E-state index in [1.54, 1.807) is 5.57 Å². The van der Waals surface area contributed by atoms with E-state index in [-0.39, 0.29) is 0 Å². The maximum Gasteiger partial charge on any atom is 0.0319 e. The van der Waals surface area contributed by atoms with E-state index in [0.717, 1.165) is 18.9 Å². The Hall–Kier alpha value is -1.26. The van der Waals surface area contributed by atoms with Gasteiger partial charge in [0.25, 0.3) is 0 Å². The maximum atomic E-state index is 7.00. The molecular formula is C18H30O. The predicted molar refractivity (Wildman–Crippen MR) is 86.9 cm³/mol. The van der Waals surface area contributed by atoms with Gasteiger partial charge in [0.2, 0.25) is 0 Å². The number of aliphatic hydroxyl groups excluding tert-OH is 1. The quantitative estimate of drug-likeness (QED) is 0.676. The molecule has 2 aliphatic carbocycles. The predicted octanol–water partition coefficient (Wildman–Crippen LogP) is 4.75. The van der Waals surface area contributed by atoms with Crippen LogP contribution < -0.4 is 0 Å². The number of hydrogen-bond acceptors (Lipinski definition) is 1. The summed E-state index contributed by atoms with van der Waals surface area (Å²) < 4.78 is 0. The van der Waals surface area contributed by atoms with Gasteiger partial charge >= 0.3 is 0 Å². The average molecular weight is 262 g/mol. The highest BCUT2D eigenvalue weighted by Gasteiger charge is 2.24. The second kappa shape index (κ2) is 13.2. The molecule has 0 bridgehead atoms. The van der Waals surface area contributed by atoms with E-state index in [9.17, 15) is 0 Å². The summed E-state index contributed by atoms with van der Waals surface area (Å²) in [6.07, 6.45) is 21.3. The summed E-state index contributed by atoms with van der Waals surface area (Å²) in [5.41, 5.74) is 3.11. The standard InChI is InChI=1S/C13H18.C2H6.C2H2.CH4O/c1-3-12-10(2)8-9-11-6-4-5-7-13(11)12;3*1-2/h6-10,12H,3-5H2,1-2H3;1-2H3;1-2H;2H,1H3/t10-,12-;;;/m0.../s1. The van der Waals surface area contributed by atoms with Crippen LogP contribution in [0.3, 0.4) is 0 Å². The summed E-state index contributed by atoms with van der Waals surface area (Å²) in [5, 5.41) is 7.00. The number of hydrogen-bond donors (Lipinski definition) is 1. The van der Waals surface area contributed by atoms with Gasteiger partial charge in [0.05, 0.1) is 0 Å². The molecule has 0 aromatic rings. The van der Waals surface area contributed by atoms with Gasteiger partial charge in [0.15, 0.2) is 0 Å². The highest BCUT2D eigenvalue weighted by molar-refractivity contribution is 5.46. The first-order valence-corrected chi connectivity index (χ1v) is 7.19. The lowest BCUT2D eigenvalue weighted by atomic mass is 9.75. The fraction of sp³-hybridized carbons (Fsp3) is 0.556. The molecule has 1 nitrogen and oxygen atoms in total. The molecule has 0 spiro atoms. The van der Waals surface area contributed by atoms with Crippen molar-refractivity contribution >= 4 is 0 Å². The van der Waals surface area contributed by atoms with Crippen LogP contribution in [0, 0.1) is 24.7 Å². The van der Waals surface area contributed by atoms with Crippen LogP contribution in [-0.4, -0.2) is 12.2 Å². The van der Waals surface area contributed by atoms with Crippen LogP contribution in [0.4, 0.5) is 0 Å². The first kappa shape index (κ1) is 20.1. The first-order chi connectivity index (χ1) is 9.33. The van der Waals surface area contributed by atoms with Crippen molar-refractivity contribution in [2.75, 3.05) is 7.11 Å². The fourth-order valence-electron chi connectivity index (χ4n) is 2.51. The molecule has 1 N–H and O–H groups in total. The zero-order chi connectivity index (χ0) is 15.3. The van der Waals surface area contributed by atoms with Gasteiger partial charge in [-0.2, -0.15) is 0 Å². The molecule has 0 saturated carbocycles. The van der Waals surface area contributed by atoms with Gasteiger partial charge in [-0.05, 0) is 42.2 Å². The van der Waals surface area contributed by atoms with Crippen molar-refractivity contribution in [1.29, 1.82) is 0 Å². The Bertz CT molecular complexity index is 318. The number of fused-ring (bicyclic) bond motifs is 1. The Morgan fingerprint density at radius 3 is 2.21 bits per heavy atom. The number of rotatable bonds is 1. The van der Waals surface area contributed by atoms with E-state index in [0.29, 0.717) is 0 Å². The monoisotopic (exact) mass is 262 g/mol. The third kappa shape index (κ3) is 5.94. The summed E-state index contributed by atoms with van der Waals surface area (Å²) >= 11 is 0. The van der Waals surface area contributed by atoms with Gasteiger partial charge < -0.3 is 5.11 Å². The molecule has 2 aliphatic rings. The van der Waals surface area contributed by atoms with Crippen molar-refractivity contribution in [3.8, 4) is 12.8 Å². The molecule has 0 aromatic heterocycles. The molecular weight excluding hydrogens is 232 g/mol. The molecule has 0 amide bonds. The highest BCUT2D eigenvalue weighted by atomic mass is 16.2. The Morgan fingerprint density at radius 2 is 1.68 bits per heavy atom. The molecule has 0 radical (unpaired) electrons. The van der Waals surface area contributed by atoms with E-state index < -0.39 is 0 Å². The van der Waals surface area contributed by atoms with Gasteiger partial charge in [-0.3, -0.25) is 0 Å². The Labute approximate surface area is 120 Å². The Morgan fingerprint density at radius 1 is 1.16 bits per heavy atom. The van der Waals surface area contributed by atoms with Gasteiger partial charge in [0, 0.05) is 7.11 Å². The molecule has 0 heterocycles. The largest absolute Gasteiger partial charge is 0.400 e. The summed E-state index contributed by atoms with van der Waals surface area (Å²) in [7, 11) is 1.00. The first-order valence-electron chi connectivity index (χ1n) is 7.19. The Balaban J connectivity index is 0. The van der Waals surface area contributed by atoms with E-state index in [1.165, 1.54) is 24.8 Å². The van der Waals surface area contributed by atoms with E-state index in [2.05, 4.69) is 51.0 Å². The molecule has 0 aliphatic heterocycles. The number of aliphatic hydroxyl groups is 1.